The van der Waals surface area contributed by atoms with E-state index in [4.69, 9.17) is 0 Å². The van der Waals surface area contributed by atoms with Crippen LogP contribution in [0.25, 0.3) is 0 Å². The molecule has 1 aromatic heterocycles. The molecule has 0 atom stereocenters. The zero-order valence-corrected chi connectivity index (χ0v) is 18.7. The van der Waals surface area contributed by atoms with E-state index in [-0.39, 0.29) is 11.7 Å². The molecule has 30 heavy (non-hydrogen) atoms. The van der Waals surface area contributed by atoms with Gasteiger partial charge in [0, 0.05) is 50.0 Å². The second-order valence-corrected chi connectivity index (χ2v) is 10.2. The molecule has 0 radical (unpaired) electrons. The lowest BCUT2D eigenvalue weighted by Gasteiger charge is -2.33. The summed E-state index contributed by atoms with van der Waals surface area (Å²) in [6.07, 6.45) is 3.73. The van der Waals surface area contributed by atoms with Crippen molar-refractivity contribution in [3.8, 4) is 0 Å². The van der Waals surface area contributed by atoms with Crippen molar-refractivity contribution in [3.05, 3.63) is 48.3 Å². The van der Waals surface area contributed by atoms with Crippen molar-refractivity contribution >= 4 is 33.6 Å². The third kappa shape index (κ3) is 5.93. The minimum atomic E-state index is -3.36. The largest absolute Gasteiger partial charge is 0.352 e. The van der Waals surface area contributed by atoms with Crippen molar-refractivity contribution in [3.63, 3.8) is 0 Å². The number of carbonyl (C=O) groups is 1. The van der Waals surface area contributed by atoms with Gasteiger partial charge in [-0.05, 0) is 30.4 Å². The number of hydrogen-bond acceptors (Lipinski definition) is 7. The first kappa shape index (κ1) is 22.5. The summed E-state index contributed by atoms with van der Waals surface area (Å²) in [5.74, 6) is 1.35. The lowest BCUT2D eigenvalue weighted by Crippen LogP contribution is -2.49. The third-order valence-corrected chi connectivity index (χ3v) is 7.68. The van der Waals surface area contributed by atoms with Crippen LogP contribution in [0.1, 0.15) is 23.7 Å². The Labute approximate surface area is 182 Å². The van der Waals surface area contributed by atoms with Gasteiger partial charge >= 0.3 is 0 Å². The van der Waals surface area contributed by atoms with Crippen molar-refractivity contribution in [1.82, 2.24) is 19.6 Å². The lowest BCUT2D eigenvalue weighted by atomic mass is 10.2. The molecule has 1 N–H and O–H groups in total. The number of anilines is 1. The normalized spacial score (nSPS) is 15.2. The Hall–Kier alpha value is -2.17. The van der Waals surface area contributed by atoms with Crippen molar-refractivity contribution in [2.24, 2.45) is 0 Å². The summed E-state index contributed by atoms with van der Waals surface area (Å²) in [6, 6.07) is 9.21. The van der Waals surface area contributed by atoms with Crippen LogP contribution in [0.4, 0.5) is 5.95 Å². The number of sulfonamides is 1. The monoisotopic (exact) mass is 449 g/mol. The van der Waals surface area contributed by atoms with Crippen molar-refractivity contribution < 1.29 is 13.2 Å². The van der Waals surface area contributed by atoms with E-state index in [0.717, 1.165) is 10.6 Å². The molecule has 162 valence electrons. The predicted octanol–water partition coefficient (Wildman–Crippen LogP) is 1.86. The van der Waals surface area contributed by atoms with Gasteiger partial charge in [-0.3, -0.25) is 4.79 Å². The number of nitrogens with one attached hydrogen (secondary N) is 1. The number of amides is 1. The van der Waals surface area contributed by atoms with Gasteiger partial charge in [0.15, 0.2) is 0 Å². The van der Waals surface area contributed by atoms with Gasteiger partial charge in [0.05, 0.1) is 11.3 Å². The quantitative estimate of drug-likeness (QED) is 0.461. The molecular weight excluding hydrogens is 422 g/mol. The van der Waals surface area contributed by atoms with Gasteiger partial charge in [-0.15, -0.1) is 11.8 Å². The second kappa shape index (κ2) is 10.7. The van der Waals surface area contributed by atoms with E-state index in [2.05, 4.69) is 15.3 Å². The van der Waals surface area contributed by atoms with Crippen LogP contribution in [-0.4, -0.2) is 72.8 Å². The Bertz CT molecular complexity index is 932. The average molecular weight is 450 g/mol. The summed E-state index contributed by atoms with van der Waals surface area (Å²) < 4.78 is 26.8. The van der Waals surface area contributed by atoms with E-state index < -0.39 is 10.0 Å². The van der Waals surface area contributed by atoms with Crippen LogP contribution < -0.4 is 10.2 Å². The molecule has 0 unspecified atom stereocenters. The highest BCUT2D eigenvalue weighted by Crippen LogP contribution is 2.22. The minimum Gasteiger partial charge on any atom is -0.352 e. The SMILES string of the molecule is CCSc1ccccc1C(=O)NCCCS(=O)(=O)N1CCN(c2ncccn2)CC1. The van der Waals surface area contributed by atoms with Crippen LogP contribution in [0.15, 0.2) is 47.6 Å². The molecule has 1 saturated heterocycles. The summed E-state index contributed by atoms with van der Waals surface area (Å²) in [4.78, 5) is 23.8. The number of nitrogens with zero attached hydrogens (tertiary/aromatic N) is 4. The van der Waals surface area contributed by atoms with Crippen molar-refractivity contribution in [2.45, 2.75) is 18.2 Å². The predicted molar refractivity (Wildman–Crippen MR) is 119 cm³/mol. The summed E-state index contributed by atoms with van der Waals surface area (Å²) >= 11 is 1.61. The summed E-state index contributed by atoms with van der Waals surface area (Å²) in [6.45, 7) is 4.30. The van der Waals surface area contributed by atoms with Gasteiger partial charge in [0.1, 0.15) is 0 Å². The Morgan fingerprint density at radius 3 is 2.50 bits per heavy atom. The summed E-state index contributed by atoms with van der Waals surface area (Å²) in [7, 11) is -3.36. The molecule has 1 aliphatic rings. The number of carbonyl (C=O) groups excluding carboxylic acids is 1. The highest BCUT2D eigenvalue weighted by Gasteiger charge is 2.27. The molecule has 0 saturated carbocycles. The van der Waals surface area contributed by atoms with E-state index in [1.807, 2.05) is 30.0 Å². The van der Waals surface area contributed by atoms with E-state index in [1.54, 1.807) is 36.3 Å². The molecule has 3 rings (SSSR count). The molecule has 0 aliphatic carbocycles. The first-order valence-corrected chi connectivity index (χ1v) is 12.6. The summed E-state index contributed by atoms with van der Waals surface area (Å²) in [5, 5.41) is 2.84. The van der Waals surface area contributed by atoms with E-state index >= 15 is 0 Å². The van der Waals surface area contributed by atoms with E-state index in [9.17, 15) is 13.2 Å². The van der Waals surface area contributed by atoms with Crippen LogP contribution in [-0.2, 0) is 10.0 Å². The molecule has 0 spiro atoms. The van der Waals surface area contributed by atoms with Crippen LogP contribution in [0.2, 0.25) is 0 Å². The Balaban J connectivity index is 1.44. The zero-order valence-electron chi connectivity index (χ0n) is 17.0. The van der Waals surface area contributed by atoms with Crippen LogP contribution in [0.5, 0.6) is 0 Å². The third-order valence-electron chi connectivity index (χ3n) is 4.76. The highest BCUT2D eigenvalue weighted by molar-refractivity contribution is 7.99. The maximum Gasteiger partial charge on any atom is 0.252 e. The molecular formula is C20H27N5O3S2. The van der Waals surface area contributed by atoms with Gasteiger partial charge in [0.2, 0.25) is 16.0 Å². The van der Waals surface area contributed by atoms with Gasteiger partial charge in [0.25, 0.3) is 5.91 Å². The maximum atomic E-state index is 12.6. The number of hydrogen-bond donors (Lipinski definition) is 1. The van der Waals surface area contributed by atoms with Gasteiger partial charge in [-0.25, -0.2) is 18.4 Å². The molecule has 2 aromatic rings. The average Bonchev–Trinajstić information content (AvgIpc) is 2.78. The fourth-order valence-corrected chi connectivity index (χ4v) is 5.53. The molecule has 1 aromatic carbocycles. The Morgan fingerprint density at radius 1 is 1.10 bits per heavy atom. The number of thioether (sulfide) groups is 1. The topological polar surface area (TPSA) is 95.5 Å². The Morgan fingerprint density at radius 2 is 1.80 bits per heavy atom. The molecule has 8 nitrogen and oxygen atoms in total. The molecule has 0 bridgehead atoms. The van der Waals surface area contributed by atoms with Crippen molar-refractivity contribution in [2.75, 3.05) is 49.1 Å². The lowest BCUT2D eigenvalue weighted by molar-refractivity contribution is 0.0950. The highest BCUT2D eigenvalue weighted by atomic mass is 32.2. The number of rotatable bonds is 9. The number of aromatic nitrogens is 2. The van der Waals surface area contributed by atoms with Crippen LogP contribution in [0.3, 0.4) is 0 Å². The van der Waals surface area contributed by atoms with Gasteiger partial charge in [-0.1, -0.05) is 19.1 Å². The Kier molecular flexibility index (Phi) is 8.06. The number of piperazine rings is 1. The van der Waals surface area contributed by atoms with E-state index in [1.165, 1.54) is 4.31 Å². The second-order valence-electron chi connectivity index (χ2n) is 6.79. The van der Waals surface area contributed by atoms with E-state index in [0.29, 0.717) is 50.7 Å². The molecule has 1 aliphatic heterocycles. The van der Waals surface area contributed by atoms with Crippen LogP contribution in [0, 0.1) is 0 Å². The zero-order chi connectivity index (χ0) is 21.4. The minimum absolute atomic E-state index is 0.0144. The van der Waals surface area contributed by atoms with Crippen LogP contribution >= 0.6 is 11.8 Å². The summed E-state index contributed by atoms with van der Waals surface area (Å²) in [5.41, 5.74) is 0.631. The molecule has 1 fully saturated rings. The van der Waals surface area contributed by atoms with Gasteiger partial charge < -0.3 is 10.2 Å². The van der Waals surface area contributed by atoms with Crippen molar-refractivity contribution in [1.29, 1.82) is 0 Å². The molecule has 10 heteroatoms. The first-order valence-electron chi connectivity index (χ1n) is 10.0. The molecule has 1 amide bonds. The smallest absolute Gasteiger partial charge is 0.252 e. The maximum absolute atomic E-state index is 12.6. The van der Waals surface area contributed by atoms with Gasteiger partial charge in [-0.2, -0.15) is 4.31 Å². The first-order chi connectivity index (χ1) is 14.5. The standard InChI is InChI=1S/C20H27N5O3S2/c1-2-29-18-8-4-3-7-17(18)19(26)21-11-6-16-30(27,28)25-14-12-24(13-15-25)20-22-9-5-10-23-20/h3-5,7-10H,2,6,11-16H2,1H3,(H,21,26). The fourth-order valence-electron chi connectivity index (χ4n) is 3.24. The molecule has 2 heterocycles. The number of benzene rings is 1. The fraction of sp³-hybridized carbons (Fsp3) is 0.450.